The molecule has 0 aliphatic carbocycles. The summed E-state index contributed by atoms with van der Waals surface area (Å²) in [5.41, 5.74) is 1.66. The van der Waals surface area contributed by atoms with E-state index in [4.69, 9.17) is 0 Å². The SMILES string of the molecule is CC(C)/C=C1/CN2CCCC2(CO)C1. The summed E-state index contributed by atoms with van der Waals surface area (Å²) in [5.74, 6) is 0.640. The molecule has 1 atom stereocenters. The smallest absolute Gasteiger partial charge is 0.0618 e. The molecule has 14 heavy (non-hydrogen) atoms. The van der Waals surface area contributed by atoms with E-state index in [1.54, 1.807) is 0 Å². The van der Waals surface area contributed by atoms with Crippen LogP contribution in [0.5, 0.6) is 0 Å². The van der Waals surface area contributed by atoms with E-state index < -0.39 is 0 Å². The van der Waals surface area contributed by atoms with Crippen molar-refractivity contribution >= 4 is 0 Å². The molecule has 0 aromatic rings. The third-order valence-electron chi connectivity index (χ3n) is 3.55. The maximum atomic E-state index is 9.51. The molecular formula is C12H21NO. The van der Waals surface area contributed by atoms with Gasteiger partial charge in [-0.1, -0.05) is 25.5 Å². The van der Waals surface area contributed by atoms with Crippen LogP contribution >= 0.6 is 0 Å². The molecule has 2 aliphatic rings. The van der Waals surface area contributed by atoms with E-state index in [1.807, 2.05) is 0 Å². The fourth-order valence-corrected chi connectivity index (χ4v) is 2.98. The highest BCUT2D eigenvalue weighted by Gasteiger charge is 2.45. The van der Waals surface area contributed by atoms with E-state index in [1.165, 1.54) is 25.0 Å². The van der Waals surface area contributed by atoms with Crippen molar-refractivity contribution < 1.29 is 5.11 Å². The average Bonchev–Trinajstić information content (AvgIpc) is 2.59. The number of fused-ring (bicyclic) bond motifs is 1. The molecule has 0 saturated carbocycles. The van der Waals surface area contributed by atoms with Gasteiger partial charge in [-0.15, -0.1) is 0 Å². The van der Waals surface area contributed by atoms with Gasteiger partial charge in [0.15, 0.2) is 0 Å². The molecule has 0 radical (unpaired) electrons. The first kappa shape index (κ1) is 10.2. The Kier molecular flexibility index (Phi) is 2.67. The Morgan fingerprint density at radius 1 is 1.57 bits per heavy atom. The highest BCUT2D eigenvalue weighted by Crippen LogP contribution is 2.41. The summed E-state index contributed by atoms with van der Waals surface area (Å²) in [5, 5.41) is 9.51. The summed E-state index contributed by atoms with van der Waals surface area (Å²) in [6, 6.07) is 0. The van der Waals surface area contributed by atoms with E-state index in [-0.39, 0.29) is 5.54 Å². The second kappa shape index (κ2) is 3.67. The van der Waals surface area contributed by atoms with Gasteiger partial charge in [0.1, 0.15) is 0 Å². The van der Waals surface area contributed by atoms with Gasteiger partial charge >= 0.3 is 0 Å². The minimum Gasteiger partial charge on any atom is -0.394 e. The van der Waals surface area contributed by atoms with Gasteiger partial charge in [0.05, 0.1) is 6.61 Å². The molecule has 2 fully saturated rings. The van der Waals surface area contributed by atoms with Gasteiger partial charge in [0.2, 0.25) is 0 Å². The summed E-state index contributed by atoms with van der Waals surface area (Å²) in [6.07, 6.45) is 5.91. The molecule has 0 aromatic carbocycles. The standard InChI is InChI=1S/C12H21NO/c1-10(2)6-11-7-12(9-14)4-3-5-13(12)8-11/h6,10,14H,3-5,7-9H2,1-2H3/b11-6+. The number of aliphatic hydroxyl groups excluding tert-OH is 1. The van der Waals surface area contributed by atoms with Crippen LogP contribution in [0.25, 0.3) is 0 Å². The topological polar surface area (TPSA) is 23.5 Å². The van der Waals surface area contributed by atoms with Crippen LogP contribution in [-0.4, -0.2) is 35.2 Å². The fraction of sp³-hybridized carbons (Fsp3) is 0.833. The van der Waals surface area contributed by atoms with Gasteiger partial charge < -0.3 is 5.11 Å². The number of hydrogen-bond acceptors (Lipinski definition) is 2. The van der Waals surface area contributed by atoms with E-state index in [2.05, 4.69) is 24.8 Å². The molecule has 2 nitrogen and oxygen atoms in total. The molecule has 2 heteroatoms. The zero-order valence-electron chi connectivity index (χ0n) is 9.29. The van der Waals surface area contributed by atoms with Crippen LogP contribution in [0.15, 0.2) is 11.6 Å². The lowest BCUT2D eigenvalue weighted by Crippen LogP contribution is -2.41. The van der Waals surface area contributed by atoms with E-state index in [0.717, 1.165) is 13.0 Å². The Bertz CT molecular complexity index is 247. The third kappa shape index (κ3) is 1.61. The fourth-order valence-electron chi connectivity index (χ4n) is 2.98. The highest BCUT2D eigenvalue weighted by molar-refractivity contribution is 5.21. The van der Waals surface area contributed by atoms with Crippen LogP contribution in [0.1, 0.15) is 33.1 Å². The number of aliphatic hydroxyl groups is 1. The van der Waals surface area contributed by atoms with E-state index in [0.29, 0.717) is 12.5 Å². The van der Waals surface area contributed by atoms with Gasteiger partial charge in [-0.05, 0) is 31.7 Å². The molecule has 0 spiro atoms. The predicted molar refractivity (Wildman–Crippen MR) is 58.2 cm³/mol. The van der Waals surface area contributed by atoms with Crippen molar-refractivity contribution in [1.29, 1.82) is 0 Å². The molecule has 1 unspecified atom stereocenters. The van der Waals surface area contributed by atoms with Gasteiger partial charge in [-0.25, -0.2) is 0 Å². The van der Waals surface area contributed by atoms with Crippen molar-refractivity contribution in [2.24, 2.45) is 5.92 Å². The summed E-state index contributed by atoms with van der Waals surface area (Å²) < 4.78 is 0. The zero-order chi connectivity index (χ0) is 10.2. The Labute approximate surface area is 86.6 Å². The summed E-state index contributed by atoms with van der Waals surface area (Å²) in [4.78, 5) is 2.47. The number of nitrogens with zero attached hydrogens (tertiary/aromatic N) is 1. The first-order chi connectivity index (χ1) is 6.66. The normalized spacial score (nSPS) is 35.9. The molecule has 2 aliphatic heterocycles. The van der Waals surface area contributed by atoms with Crippen LogP contribution in [0, 0.1) is 5.92 Å². The molecule has 0 bridgehead atoms. The second-order valence-corrected chi connectivity index (χ2v) is 5.15. The molecule has 2 rings (SSSR count). The summed E-state index contributed by atoms with van der Waals surface area (Å²) in [6.45, 7) is 7.06. The maximum Gasteiger partial charge on any atom is 0.0618 e. The maximum absolute atomic E-state index is 9.51. The molecule has 80 valence electrons. The first-order valence-corrected chi connectivity index (χ1v) is 5.72. The Hall–Kier alpha value is -0.340. The van der Waals surface area contributed by atoms with Crippen LogP contribution in [-0.2, 0) is 0 Å². The Morgan fingerprint density at radius 3 is 2.93 bits per heavy atom. The lowest BCUT2D eigenvalue weighted by molar-refractivity contribution is 0.1000. The largest absolute Gasteiger partial charge is 0.394 e. The molecule has 2 heterocycles. The molecular weight excluding hydrogens is 174 g/mol. The Morgan fingerprint density at radius 2 is 2.36 bits per heavy atom. The highest BCUT2D eigenvalue weighted by atomic mass is 16.3. The molecule has 0 aromatic heterocycles. The van der Waals surface area contributed by atoms with Gasteiger partial charge in [0.25, 0.3) is 0 Å². The Balaban J connectivity index is 2.12. The van der Waals surface area contributed by atoms with Crippen molar-refractivity contribution in [3.05, 3.63) is 11.6 Å². The lowest BCUT2D eigenvalue weighted by atomic mass is 9.92. The van der Waals surface area contributed by atoms with Crippen molar-refractivity contribution in [3.63, 3.8) is 0 Å². The van der Waals surface area contributed by atoms with Crippen molar-refractivity contribution in [2.45, 2.75) is 38.6 Å². The van der Waals surface area contributed by atoms with Gasteiger partial charge in [-0.3, -0.25) is 4.90 Å². The van der Waals surface area contributed by atoms with Gasteiger partial charge in [-0.2, -0.15) is 0 Å². The molecule has 2 saturated heterocycles. The number of allylic oxidation sites excluding steroid dienone is 1. The van der Waals surface area contributed by atoms with Crippen molar-refractivity contribution in [2.75, 3.05) is 19.7 Å². The summed E-state index contributed by atoms with van der Waals surface area (Å²) >= 11 is 0. The van der Waals surface area contributed by atoms with Crippen molar-refractivity contribution in [3.8, 4) is 0 Å². The second-order valence-electron chi connectivity index (χ2n) is 5.15. The van der Waals surface area contributed by atoms with E-state index >= 15 is 0 Å². The quantitative estimate of drug-likeness (QED) is 0.679. The molecule has 0 amide bonds. The van der Waals surface area contributed by atoms with Gasteiger partial charge in [0, 0.05) is 12.1 Å². The van der Waals surface area contributed by atoms with Crippen LogP contribution < -0.4 is 0 Å². The minimum atomic E-state index is 0.126. The van der Waals surface area contributed by atoms with Crippen LogP contribution in [0.4, 0.5) is 0 Å². The number of rotatable bonds is 2. The third-order valence-corrected chi connectivity index (χ3v) is 3.55. The zero-order valence-corrected chi connectivity index (χ0v) is 9.29. The minimum absolute atomic E-state index is 0.126. The number of hydrogen-bond donors (Lipinski definition) is 1. The monoisotopic (exact) mass is 195 g/mol. The lowest BCUT2D eigenvalue weighted by Gasteiger charge is -2.28. The van der Waals surface area contributed by atoms with Crippen LogP contribution in [0.2, 0.25) is 0 Å². The predicted octanol–water partition coefficient (Wildman–Crippen LogP) is 1.80. The average molecular weight is 195 g/mol. The first-order valence-electron chi connectivity index (χ1n) is 5.72. The van der Waals surface area contributed by atoms with E-state index in [9.17, 15) is 5.11 Å². The van der Waals surface area contributed by atoms with Crippen LogP contribution in [0.3, 0.4) is 0 Å². The summed E-state index contributed by atoms with van der Waals surface area (Å²) in [7, 11) is 0. The molecule has 1 N–H and O–H groups in total. The van der Waals surface area contributed by atoms with Crippen molar-refractivity contribution in [1.82, 2.24) is 4.90 Å².